The highest BCUT2D eigenvalue weighted by atomic mass is 16.1. The van der Waals surface area contributed by atoms with Crippen molar-refractivity contribution in [2.45, 2.75) is 39.4 Å². The van der Waals surface area contributed by atoms with Crippen LogP contribution in [-0.2, 0) is 24.4 Å². The van der Waals surface area contributed by atoms with E-state index in [-0.39, 0.29) is 5.91 Å². The van der Waals surface area contributed by atoms with Gasteiger partial charge in [0.25, 0.3) is 0 Å². The first kappa shape index (κ1) is 18.0. The summed E-state index contributed by atoms with van der Waals surface area (Å²) in [5.41, 5.74) is 8.47. The molecule has 1 N–H and O–H groups in total. The summed E-state index contributed by atoms with van der Waals surface area (Å²) in [7, 11) is 0. The summed E-state index contributed by atoms with van der Waals surface area (Å²) in [5, 5.41) is 7.68. The van der Waals surface area contributed by atoms with E-state index in [0.717, 1.165) is 57.2 Å². The molecule has 6 rings (SSSR count). The molecular weight excluding hydrogens is 390 g/mol. The molecule has 4 aromatic rings. The van der Waals surface area contributed by atoms with Crippen molar-refractivity contribution >= 4 is 17.3 Å². The van der Waals surface area contributed by atoms with Gasteiger partial charge in [-0.1, -0.05) is 6.07 Å². The topological polar surface area (TPSA) is 89.5 Å². The van der Waals surface area contributed by atoms with E-state index < -0.39 is 0 Å². The van der Waals surface area contributed by atoms with Gasteiger partial charge < -0.3 is 5.32 Å². The number of aryl methyl sites for hydroxylation is 2. The number of aromatic nitrogens is 5. The first-order chi connectivity index (χ1) is 15.2. The zero-order valence-electron chi connectivity index (χ0n) is 17.2. The number of hydrogen-bond donors (Lipinski definition) is 1. The van der Waals surface area contributed by atoms with Gasteiger partial charge in [-0.25, -0.2) is 4.98 Å². The quantitative estimate of drug-likeness (QED) is 0.482. The predicted molar refractivity (Wildman–Crippen MR) is 116 cm³/mol. The van der Waals surface area contributed by atoms with E-state index in [1.54, 1.807) is 0 Å². The van der Waals surface area contributed by atoms with Crippen molar-refractivity contribution < 1.29 is 4.79 Å². The van der Waals surface area contributed by atoms with Crippen LogP contribution in [0.2, 0.25) is 0 Å². The van der Waals surface area contributed by atoms with Crippen molar-refractivity contribution in [3.05, 3.63) is 71.1 Å². The lowest BCUT2D eigenvalue weighted by molar-refractivity contribution is -0.121. The largest absolute Gasteiger partial charge is 0.350 e. The van der Waals surface area contributed by atoms with Crippen LogP contribution in [0.5, 0.6) is 0 Å². The fourth-order valence-corrected chi connectivity index (χ4v) is 4.43. The summed E-state index contributed by atoms with van der Waals surface area (Å²) >= 11 is 0. The molecule has 0 aliphatic carbocycles. The van der Waals surface area contributed by atoms with E-state index in [2.05, 4.69) is 20.9 Å². The monoisotopic (exact) mass is 411 g/mol. The molecule has 0 fully saturated rings. The fourth-order valence-electron chi connectivity index (χ4n) is 4.43. The standard InChI is InChI=1S/C23H21N7O/c1-14-17-13-29(28-14)7-4-6-21(31)25-12-19-23(30-8-3-2-5-20(30)27-19)15-9-16-18(24-10-15)11-26-22(16)17/h2-3,5,8-10,13H,4,6-7,11-12H2,1H3,(H,25,31). The second kappa shape index (κ2) is 6.87. The van der Waals surface area contributed by atoms with Gasteiger partial charge in [0.05, 0.1) is 41.6 Å². The van der Waals surface area contributed by atoms with Crippen molar-refractivity contribution in [1.82, 2.24) is 29.5 Å². The summed E-state index contributed by atoms with van der Waals surface area (Å²) in [5.74, 6) is 0.0134. The van der Waals surface area contributed by atoms with E-state index in [9.17, 15) is 4.79 Å². The van der Waals surface area contributed by atoms with E-state index in [1.165, 1.54) is 0 Å². The Morgan fingerprint density at radius 1 is 1.16 bits per heavy atom. The number of fused-ring (bicyclic) bond motifs is 8. The average Bonchev–Trinajstić information content (AvgIpc) is 3.45. The van der Waals surface area contributed by atoms with Gasteiger partial charge in [-0.3, -0.25) is 23.9 Å². The Kier molecular flexibility index (Phi) is 3.99. The Bertz CT molecular complexity index is 1380. The molecule has 1 amide bonds. The van der Waals surface area contributed by atoms with Crippen molar-refractivity contribution in [1.29, 1.82) is 0 Å². The maximum atomic E-state index is 12.5. The third-order valence-corrected chi connectivity index (χ3v) is 5.93. The fraction of sp³-hybridized carbons (Fsp3) is 0.261. The van der Waals surface area contributed by atoms with Crippen molar-refractivity contribution in [3.8, 4) is 11.3 Å². The van der Waals surface area contributed by atoms with Gasteiger partial charge in [-0.15, -0.1) is 0 Å². The Labute approximate surface area is 178 Å². The first-order valence-corrected chi connectivity index (χ1v) is 10.5. The second-order valence-corrected chi connectivity index (χ2v) is 7.99. The molecule has 0 unspecified atom stereocenters. The lowest BCUT2D eigenvalue weighted by Gasteiger charge is -2.09. The molecule has 8 nitrogen and oxygen atoms in total. The van der Waals surface area contributed by atoms with Crippen LogP contribution in [0.1, 0.15) is 41.1 Å². The smallest absolute Gasteiger partial charge is 0.220 e. The molecule has 4 aromatic heterocycles. The molecular formula is C23H21N7O. The minimum Gasteiger partial charge on any atom is -0.350 e. The molecule has 0 atom stereocenters. The Balaban J connectivity index is 1.57. The zero-order valence-corrected chi connectivity index (χ0v) is 17.2. The molecule has 0 spiro atoms. The highest BCUT2D eigenvalue weighted by Crippen LogP contribution is 2.30. The second-order valence-electron chi connectivity index (χ2n) is 7.99. The molecule has 0 saturated heterocycles. The summed E-state index contributed by atoms with van der Waals surface area (Å²) in [4.78, 5) is 26.8. The van der Waals surface area contributed by atoms with E-state index >= 15 is 0 Å². The van der Waals surface area contributed by atoms with Crippen LogP contribution in [0.3, 0.4) is 0 Å². The number of carbonyl (C=O) groups is 1. The van der Waals surface area contributed by atoms with Crippen LogP contribution in [0.15, 0.2) is 47.8 Å². The van der Waals surface area contributed by atoms with Crippen LogP contribution in [-0.4, -0.2) is 35.8 Å². The minimum absolute atomic E-state index is 0.0134. The number of aliphatic imine (C=N–C) groups is 1. The number of carbonyl (C=O) groups excluding carboxylic acids is 1. The van der Waals surface area contributed by atoms with Gasteiger partial charge in [-0.2, -0.15) is 5.10 Å². The molecule has 2 aliphatic heterocycles. The molecule has 4 bridgehead atoms. The molecule has 0 aromatic carbocycles. The van der Waals surface area contributed by atoms with Gasteiger partial charge in [-0.05, 0) is 31.5 Å². The van der Waals surface area contributed by atoms with E-state index in [4.69, 9.17) is 15.0 Å². The van der Waals surface area contributed by atoms with E-state index in [1.807, 2.05) is 48.4 Å². The Hall–Kier alpha value is -3.81. The summed E-state index contributed by atoms with van der Waals surface area (Å²) < 4.78 is 3.97. The van der Waals surface area contributed by atoms with Crippen molar-refractivity contribution in [2.24, 2.45) is 4.99 Å². The maximum Gasteiger partial charge on any atom is 0.220 e. The Morgan fingerprint density at radius 2 is 2.10 bits per heavy atom. The number of amides is 1. The van der Waals surface area contributed by atoms with Crippen LogP contribution in [0.4, 0.5) is 0 Å². The SMILES string of the molecule is Cc1nn2cc1C1=NCc3ncc(cc31)-c1c(nc3ccccn13)CNC(=O)CCC2. The van der Waals surface area contributed by atoms with Crippen LogP contribution in [0.25, 0.3) is 16.9 Å². The average molecular weight is 411 g/mol. The predicted octanol–water partition coefficient (Wildman–Crippen LogP) is 2.66. The third-order valence-electron chi connectivity index (χ3n) is 5.93. The lowest BCUT2D eigenvalue weighted by Crippen LogP contribution is -2.23. The van der Waals surface area contributed by atoms with Crippen molar-refractivity contribution in [3.63, 3.8) is 0 Å². The lowest BCUT2D eigenvalue weighted by atomic mass is 10.0. The van der Waals surface area contributed by atoms with Gasteiger partial charge in [0.15, 0.2) is 0 Å². The maximum absolute atomic E-state index is 12.5. The number of pyridine rings is 2. The molecule has 0 radical (unpaired) electrons. The summed E-state index contributed by atoms with van der Waals surface area (Å²) in [6.07, 6.45) is 7.07. The van der Waals surface area contributed by atoms with Gasteiger partial charge >= 0.3 is 0 Å². The minimum atomic E-state index is 0.0134. The van der Waals surface area contributed by atoms with Gasteiger partial charge in [0, 0.05) is 48.2 Å². The number of nitrogens with zero attached hydrogens (tertiary/aromatic N) is 6. The summed E-state index contributed by atoms with van der Waals surface area (Å²) in [6, 6.07) is 8.06. The normalized spacial score (nSPS) is 15.8. The van der Waals surface area contributed by atoms with Crippen molar-refractivity contribution in [2.75, 3.05) is 0 Å². The molecule has 31 heavy (non-hydrogen) atoms. The summed E-state index contributed by atoms with van der Waals surface area (Å²) in [6.45, 7) is 3.64. The van der Waals surface area contributed by atoms with Gasteiger partial charge in [0.1, 0.15) is 5.65 Å². The molecule has 154 valence electrons. The molecule has 0 saturated carbocycles. The molecule has 8 heteroatoms. The first-order valence-electron chi connectivity index (χ1n) is 10.5. The number of hydrogen-bond acceptors (Lipinski definition) is 5. The third kappa shape index (κ3) is 2.94. The zero-order chi connectivity index (χ0) is 20.9. The molecule has 2 aliphatic rings. The number of imidazole rings is 1. The van der Waals surface area contributed by atoms with E-state index in [0.29, 0.717) is 26.1 Å². The number of rotatable bonds is 0. The highest BCUT2D eigenvalue weighted by Gasteiger charge is 2.24. The highest BCUT2D eigenvalue weighted by molar-refractivity contribution is 6.15. The van der Waals surface area contributed by atoms with Gasteiger partial charge in [0.2, 0.25) is 5.91 Å². The number of nitrogens with one attached hydrogen (secondary N) is 1. The van der Waals surface area contributed by atoms with Crippen LogP contribution >= 0.6 is 0 Å². The van der Waals surface area contributed by atoms with Crippen LogP contribution < -0.4 is 5.32 Å². The molecule has 6 heterocycles. The van der Waals surface area contributed by atoms with Crippen LogP contribution in [0, 0.1) is 6.92 Å². The Morgan fingerprint density at radius 3 is 3.03 bits per heavy atom.